The summed E-state index contributed by atoms with van der Waals surface area (Å²) in [5, 5.41) is 0. The molecule has 0 bridgehead atoms. The van der Waals surface area contributed by atoms with Gasteiger partial charge in [-0.25, -0.2) is 15.0 Å². The van der Waals surface area contributed by atoms with Gasteiger partial charge in [0.25, 0.3) is 0 Å². The Labute approximate surface area is 351 Å². The third kappa shape index (κ3) is 6.88. The largest absolute Gasteiger partial charge is 0.319 e. The summed E-state index contributed by atoms with van der Waals surface area (Å²) in [5.41, 5.74) is 18.3. The van der Waals surface area contributed by atoms with Gasteiger partial charge in [-0.2, -0.15) is 0 Å². The first kappa shape index (κ1) is 37.9. The van der Waals surface area contributed by atoms with Crippen LogP contribution in [0.1, 0.15) is 46.3 Å². The standard InChI is InChI=1S/C54H44N6/c1-7-14-50-36(5)56-54-46(8-2)47(9-3)57-53(60(50)54)41-29-25-39(26-30-41)45-32-43(37-21-19-35(4)20-22-37)31-44(33-45)38-23-27-40(28-24-38)52-58-48-16-11-10-15-42(48)34-59(52)51-18-13-12-17-49(51)55-6/h7-33H,2-3,6,34H2,1,4-5H3/b14-7-. The minimum atomic E-state index is 0.680. The van der Waals surface area contributed by atoms with Gasteiger partial charge in [-0.05, 0) is 115 Å². The van der Waals surface area contributed by atoms with Gasteiger partial charge in [-0.3, -0.25) is 9.39 Å². The third-order valence-electron chi connectivity index (χ3n) is 11.2. The number of amidine groups is 1. The molecule has 9 rings (SSSR count). The molecule has 0 saturated carbocycles. The normalized spacial score (nSPS) is 12.4. The van der Waals surface area contributed by atoms with Crippen molar-refractivity contribution in [2.24, 2.45) is 9.98 Å². The average Bonchev–Trinajstić information content (AvgIpc) is 3.63. The van der Waals surface area contributed by atoms with Crippen LogP contribution in [0.3, 0.4) is 0 Å². The third-order valence-corrected chi connectivity index (χ3v) is 11.2. The Kier molecular flexibility index (Phi) is 10.0. The molecule has 2 aromatic heterocycles. The lowest BCUT2D eigenvalue weighted by molar-refractivity contribution is 0.977. The first-order valence-corrected chi connectivity index (χ1v) is 20.1. The molecular weight excluding hydrogens is 733 g/mol. The number of aliphatic imine (C=N–C) groups is 2. The molecule has 0 unspecified atom stereocenters. The highest BCUT2D eigenvalue weighted by Crippen LogP contribution is 2.38. The molecule has 3 heterocycles. The number of aromatic nitrogens is 3. The van der Waals surface area contributed by atoms with Crippen LogP contribution in [0.4, 0.5) is 17.1 Å². The summed E-state index contributed by atoms with van der Waals surface area (Å²) in [5.74, 6) is 1.68. The van der Waals surface area contributed by atoms with E-state index in [4.69, 9.17) is 15.0 Å². The number of rotatable bonds is 10. The molecule has 290 valence electrons. The van der Waals surface area contributed by atoms with Crippen LogP contribution in [-0.4, -0.2) is 26.9 Å². The number of nitrogens with zero attached hydrogens (tertiary/aromatic N) is 6. The van der Waals surface area contributed by atoms with Crippen molar-refractivity contribution in [1.82, 2.24) is 14.4 Å². The van der Waals surface area contributed by atoms with Crippen LogP contribution in [0.5, 0.6) is 0 Å². The van der Waals surface area contributed by atoms with Crippen molar-refractivity contribution >= 4 is 53.5 Å². The number of benzene rings is 6. The van der Waals surface area contributed by atoms with Gasteiger partial charge < -0.3 is 4.90 Å². The van der Waals surface area contributed by atoms with Crippen LogP contribution in [0, 0.1) is 13.8 Å². The van der Waals surface area contributed by atoms with Gasteiger partial charge in [-0.15, -0.1) is 0 Å². The lowest BCUT2D eigenvalue weighted by Crippen LogP contribution is -2.33. The Morgan fingerprint density at radius 1 is 0.633 bits per heavy atom. The molecule has 0 fully saturated rings. The average molecular weight is 777 g/mol. The van der Waals surface area contributed by atoms with E-state index in [1.165, 1.54) is 5.56 Å². The van der Waals surface area contributed by atoms with Crippen molar-refractivity contribution in [3.05, 3.63) is 198 Å². The summed E-state index contributed by atoms with van der Waals surface area (Å²) >= 11 is 0. The van der Waals surface area contributed by atoms with Crippen LogP contribution >= 0.6 is 0 Å². The SMILES string of the molecule is C=Cc1nc(-c2ccc(-c3cc(-c4ccc(C)cc4)cc(-c4ccc(C5=Nc6ccccc6CN5c5ccccc5N=C)cc4)c3)cc2)n2c(/C=C\C)c(C)nc2c1C=C. The summed E-state index contributed by atoms with van der Waals surface area (Å²) in [4.78, 5) is 21.8. The van der Waals surface area contributed by atoms with E-state index in [9.17, 15) is 0 Å². The van der Waals surface area contributed by atoms with Crippen LogP contribution in [0.15, 0.2) is 169 Å². The van der Waals surface area contributed by atoms with E-state index < -0.39 is 0 Å². The monoisotopic (exact) mass is 776 g/mol. The highest BCUT2D eigenvalue weighted by molar-refractivity contribution is 6.13. The van der Waals surface area contributed by atoms with Crippen molar-refractivity contribution in [3.63, 3.8) is 0 Å². The van der Waals surface area contributed by atoms with Gasteiger partial charge in [-0.1, -0.05) is 134 Å². The number of fused-ring (bicyclic) bond motifs is 2. The van der Waals surface area contributed by atoms with E-state index in [0.717, 1.165) is 107 Å². The maximum atomic E-state index is 5.20. The fourth-order valence-corrected chi connectivity index (χ4v) is 8.09. The predicted molar refractivity (Wildman–Crippen MR) is 254 cm³/mol. The zero-order valence-corrected chi connectivity index (χ0v) is 34.1. The molecule has 0 saturated heterocycles. The summed E-state index contributed by atoms with van der Waals surface area (Å²) in [6.45, 7) is 18.8. The number of hydrogen-bond donors (Lipinski definition) is 0. The second-order valence-corrected chi connectivity index (χ2v) is 15.0. The molecule has 0 radical (unpaired) electrons. The highest BCUT2D eigenvalue weighted by Gasteiger charge is 2.25. The van der Waals surface area contributed by atoms with Gasteiger partial charge in [0.2, 0.25) is 0 Å². The van der Waals surface area contributed by atoms with Crippen molar-refractivity contribution in [2.45, 2.75) is 27.3 Å². The molecule has 1 aliphatic rings. The molecule has 6 aromatic carbocycles. The molecule has 1 aliphatic heterocycles. The second-order valence-electron chi connectivity index (χ2n) is 15.0. The number of imidazole rings is 1. The Bertz CT molecular complexity index is 3020. The number of allylic oxidation sites excluding steroid dienone is 1. The van der Waals surface area contributed by atoms with Gasteiger partial charge in [0.15, 0.2) is 0 Å². The summed E-state index contributed by atoms with van der Waals surface area (Å²) in [6.07, 6.45) is 7.69. The quantitative estimate of drug-likeness (QED) is 0.130. The van der Waals surface area contributed by atoms with Crippen LogP contribution in [-0.2, 0) is 6.54 Å². The molecule has 6 heteroatoms. The molecule has 0 spiro atoms. The topological polar surface area (TPSA) is 58.2 Å². The number of anilines is 1. The Morgan fingerprint density at radius 2 is 1.22 bits per heavy atom. The highest BCUT2D eigenvalue weighted by atomic mass is 15.2. The summed E-state index contributed by atoms with van der Waals surface area (Å²) < 4.78 is 2.13. The first-order chi connectivity index (χ1) is 29.4. The minimum absolute atomic E-state index is 0.680. The van der Waals surface area contributed by atoms with Gasteiger partial charge >= 0.3 is 0 Å². The van der Waals surface area contributed by atoms with Crippen LogP contribution in [0.2, 0.25) is 0 Å². The predicted octanol–water partition coefficient (Wildman–Crippen LogP) is 13.8. The van der Waals surface area contributed by atoms with E-state index in [0.29, 0.717) is 6.54 Å². The van der Waals surface area contributed by atoms with Crippen LogP contribution < -0.4 is 4.90 Å². The lowest BCUT2D eigenvalue weighted by Gasteiger charge is -2.31. The molecule has 0 amide bonds. The van der Waals surface area contributed by atoms with Gasteiger partial charge in [0, 0.05) is 16.7 Å². The lowest BCUT2D eigenvalue weighted by atomic mass is 9.92. The smallest absolute Gasteiger partial charge is 0.148 e. The molecule has 60 heavy (non-hydrogen) atoms. The molecule has 0 aliphatic carbocycles. The van der Waals surface area contributed by atoms with E-state index in [1.807, 2.05) is 50.3 Å². The van der Waals surface area contributed by atoms with Crippen molar-refractivity contribution in [2.75, 3.05) is 4.90 Å². The number of hydrogen-bond acceptors (Lipinski definition) is 5. The fourth-order valence-electron chi connectivity index (χ4n) is 8.09. The van der Waals surface area contributed by atoms with Crippen molar-refractivity contribution in [1.29, 1.82) is 0 Å². The minimum Gasteiger partial charge on any atom is -0.319 e. The second kappa shape index (κ2) is 15.9. The maximum absolute atomic E-state index is 5.20. The van der Waals surface area contributed by atoms with E-state index >= 15 is 0 Å². The molecular formula is C54H44N6. The van der Waals surface area contributed by atoms with Crippen molar-refractivity contribution < 1.29 is 0 Å². The Morgan fingerprint density at radius 3 is 1.83 bits per heavy atom. The number of para-hydroxylation sites is 3. The Balaban J connectivity index is 1.13. The van der Waals surface area contributed by atoms with E-state index in [2.05, 4.69) is 162 Å². The van der Waals surface area contributed by atoms with Crippen molar-refractivity contribution in [3.8, 4) is 44.8 Å². The zero-order chi connectivity index (χ0) is 41.3. The molecule has 0 N–H and O–H groups in total. The number of aryl methyl sites for hydroxylation is 2. The fraction of sp³-hybridized carbons (Fsp3) is 0.0741. The van der Waals surface area contributed by atoms with Gasteiger partial charge in [0.05, 0.1) is 40.7 Å². The summed E-state index contributed by atoms with van der Waals surface area (Å²) in [6, 6.07) is 49.4. The first-order valence-electron chi connectivity index (χ1n) is 20.1. The van der Waals surface area contributed by atoms with E-state index in [1.54, 1.807) is 6.08 Å². The molecule has 0 atom stereocenters. The van der Waals surface area contributed by atoms with E-state index in [-0.39, 0.29) is 0 Å². The van der Waals surface area contributed by atoms with Gasteiger partial charge in [0.1, 0.15) is 17.3 Å². The summed E-state index contributed by atoms with van der Waals surface area (Å²) in [7, 11) is 0. The van der Waals surface area contributed by atoms with Crippen LogP contribution in [0.25, 0.3) is 68.6 Å². The Hall–Kier alpha value is -7.70. The maximum Gasteiger partial charge on any atom is 0.148 e. The zero-order valence-electron chi connectivity index (χ0n) is 34.1. The molecule has 6 nitrogen and oxygen atoms in total. The molecule has 8 aromatic rings.